The highest BCUT2D eigenvalue weighted by molar-refractivity contribution is 6.32. The molecule has 0 bridgehead atoms. The molecule has 2 aromatic heterocycles. The lowest BCUT2D eigenvalue weighted by Crippen LogP contribution is -2.52. The number of nitrogens with one attached hydrogen (secondary N) is 2. The Labute approximate surface area is 205 Å². The van der Waals surface area contributed by atoms with Gasteiger partial charge in [0, 0.05) is 18.0 Å². The molecule has 186 valence electrons. The largest absolute Gasteiger partial charge is 0.474 e. The summed E-state index contributed by atoms with van der Waals surface area (Å²) in [5.74, 6) is 0.876. The minimum Gasteiger partial charge on any atom is -0.474 e. The van der Waals surface area contributed by atoms with Crippen LogP contribution in [0.5, 0.6) is 5.88 Å². The van der Waals surface area contributed by atoms with Gasteiger partial charge in [0.25, 0.3) is 0 Å². The zero-order valence-electron chi connectivity index (χ0n) is 20.7. The fourth-order valence-electron chi connectivity index (χ4n) is 3.35. The van der Waals surface area contributed by atoms with Crippen molar-refractivity contribution in [1.29, 1.82) is 0 Å². The maximum atomic E-state index is 12.4. The Morgan fingerprint density at radius 1 is 1.09 bits per heavy atom. The predicted molar refractivity (Wildman–Crippen MR) is 131 cm³/mol. The molecule has 0 aliphatic carbocycles. The Balaban J connectivity index is 2.15. The number of hydrogen-bond donors (Lipinski definition) is 2. The minimum absolute atomic E-state index is 0.152. The topological polar surface area (TPSA) is 112 Å². The Hall–Kier alpha value is -3.07. The molecule has 0 aromatic carbocycles. The molecular formula is C24H33ClN4O5. The van der Waals surface area contributed by atoms with Crippen LogP contribution < -0.4 is 15.4 Å². The number of rotatable bonds is 8. The standard InChI is InChI=1S/C24H33ClN4O5/c1-15(2)12-24(6,29-22(31)34-23(3,4)5)14-33-20-18(25)10-17(13-27-20)16-8-9-26-19(11-16)28-21(30)32-7/h8-11,13,15H,12,14H2,1-7H3,(H,29,31)(H,26,28,30). The highest BCUT2D eigenvalue weighted by Gasteiger charge is 2.31. The molecule has 10 heteroatoms. The number of alkyl carbamates (subject to hydrolysis) is 1. The van der Waals surface area contributed by atoms with Gasteiger partial charge in [0.1, 0.15) is 23.0 Å². The Morgan fingerprint density at radius 2 is 1.79 bits per heavy atom. The molecule has 1 atom stereocenters. The van der Waals surface area contributed by atoms with Crippen LogP contribution in [0.4, 0.5) is 15.4 Å². The fraction of sp³-hybridized carbons (Fsp3) is 0.500. The lowest BCUT2D eigenvalue weighted by Gasteiger charge is -2.33. The van der Waals surface area contributed by atoms with E-state index in [0.717, 1.165) is 5.56 Å². The Bertz CT molecular complexity index is 1010. The van der Waals surface area contributed by atoms with Gasteiger partial charge >= 0.3 is 12.2 Å². The van der Waals surface area contributed by atoms with Crippen LogP contribution in [0.2, 0.25) is 5.02 Å². The maximum absolute atomic E-state index is 12.4. The summed E-state index contributed by atoms with van der Waals surface area (Å²) in [4.78, 5) is 32.2. The molecule has 1 unspecified atom stereocenters. The smallest absolute Gasteiger partial charge is 0.412 e. The van der Waals surface area contributed by atoms with Crippen molar-refractivity contribution in [2.75, 3.05) is 19.0 Å². The number of amides is 2. The van der Waals surface area contributed by atoms with Crippen LogP contribution >= 0.6 is 11.6 Å². The predicted octanol–water partition coefficient (Wildman–Crippen LogP) is 5.68. The van der Waals surface area contributed by atoms with Crippen LogP contribution in [0, 0.1) is 5.92 Å². The van der Waals surface area contributed by atoms with Crippen molar-refractivity contribution in [3.8, 4) is 17.0 Å². The van der Waals surface area contributed by atoms with Crippen LogP contribution in [0.3, 0.4) is 0 Å². The van der Waals surface area contributed by atoms with Gasteiger partial charge in [-0.25, -0.2) is 19.6 Å². The summed E-state index contributed by atoms with van der Waals surface area (Å²) in [5.41, 5.74) is 0.159. The number of carbonyl (C=O) groups is 2. The normalized spacial score (nSPS) is 13.1. The monoisotopic (exact) mass is 492 g/mol. The molecule has 0 aliphatic heterocycles. The summed E-state index contributed by atoms with van der Waals surface area (Å²) < 4.78 is 15.9. The second-order valence-electron chi connectivity index (χ2n) is 9.63. The third kappa shape index (κ3) is 8.70. The molecular weight excluding hydrogens is 460 g/mol. The van der Waals surface area contributed by atoms with Crippen LogP contribution in [0.25, 0.3) is 11.1 Å². The Morgan fingerprint density at radius 3 is 2.38 bits per heavy atom. The quantitative estimate of drug-likeness (QED) is 0.487. The lowest BCUT2D eigenvalue weighted by molar-refractivity contribution is 0.0406. The molecule has 0 fully saturated rings. The lowest BCUT2D eigenvalue weighted by atomic mass is 9.91. The first-order valence-corrected chi connectivity index (χ1v) is 11.3. The molecule has 2 heterocycles. The average Bonchev–Trinajstić information content (AvgIpc) is 2.70. The molecule has 2 rings (SSSR count). The van der Waals surface area contributed by atoms with Gasteiger partial charge in [-0.1, -0.05) is 25.4 Å². The van der Waals surface area contributed by atoms with E-state index in [1.54, 1.807) is 30.6 Å². The number of anilines is 1. The van der Waals surface area contributed by atoms with E-state index >= 15 is 0 Å². The third-order valence-corrected chi connectivity index (χ3v) is 4.78. The molecule has 2 aromatic rings. The molecule has 0 radical (unpaired) electrons. The van der Waals surface area contributed by atoms with Gasteiger partial charge in [-0.05, 0) is 63.8 Å². The number of aromatic nitrogens is 2. The highest BCUT2D eigenvalue weighted by Crippen LogP contribution is 2.30. The second kappa shape index (κ2) is 11.4. The van der Waals surface area contributed by atoms with Crippen LogP contribution in [0.15, 0.2) is 30.6 Å². The summed E-state index contributed by atoms with van der Waals surface area (Å²) >= 11 is 6.45. The molecule has 9 nitrogen and oxygen atoms in total. The Kier molecular flexibility index (Phi) is 9.09. The van der Waals surface area contributed by atoms with E-state index < -0.39 is 23.3 Å². The van der Waals surface area contributed by atoms with E-state index in [-0.39, 0.29) is 12.5 Å². The molecule has 0 saturated carbocycles. The molecule has 2 N–H and O–H groups in total. The van der Waals surface area contributed by atoms with E-state index in [0.29, 0.717) is 28.7 Å². The van der Waals surface area contributed by atoms with Crippen molar-refractivity contribution in [3.05, 3.63) is 35.6 Å². The molecule has 0 aliphatic rings. The van der Waals surface area contributed by atoms with Crippen LogP contribution in [-0.2, 0) is 9.47 Å². The minimum atomic E-state index is -0.695. The van der Waals surface area contributed by atoms with Crippen molar-refractivity contribution >= 4 is 29.6 Å². The summed E-state index contributed by atoms with van der Waals surface area (Å²) in [5, 5.41) is 5.75. The summed E-state index contributed by atoms with van der Waals surface area (Å²) in [6.45, 7) is 11.6. The summed E-state index contributed by atoms with van der Waals surface area (Å²) in [7, 11) is 1.27. The zero-order chi connectivity index (χ0) is 25.5. The van der Waals surface area contributed by atoms with Crippen LogP contribution in [0.1, 0.15) is 48.0 Å². The number of hydrogen-bond acceptors (Lipinski definition) is 7. The third-order valence-electron chi connectivity index (χ3n) is 4.51. The maximum Gasteiger partial charge on any atom is 0.412 e. The van der Waals surface area contributed by atoms with Gasteiger partial charge in [-0.2, -0.15) is 0 Å². The van der Waals surface area contributed by atoms with Gasteiger partial charge in [-0.15, -0.1) is 0 Å². The number of ether oxygens (including phenoxy) is 3. The first-order chi connectivity index (χ1) is 15.8. The number of carbonyl (C=O) groups excluding carboxylic acids is 2. The first kappa shape index (κ1) is 27.2. The fourth-order valence-corrected chi connectivity index (χ4v) is 3.57. The summed E-state index contributed by atoms with van der Waals surface area (Å²) in [6, 6.07) is 5.15. The van der Waals surface area contributed by atoms with Gasteiger partial charge in [-0.3, -0.25) is 5.32 Å². The zero-order valence-corrected chi connectivity index (χ0v) is 21.4. The van der Waals surface area contributed by atoms with Gasteiger partial charge in [0.2, 0.25) is 5.88 Å². The van der Waals surface area contributed by atoms with Crippen molar-refractivity contribution in [1.82, 2.24) is 15.3 Å². The van der Waals surface area contributed by atoms with E-state index in [1.807, 2.05) is 27.7 Å². The van der Waals surface area contributed by atoms with Crippen molar-refractivity contribution in [2.24, 2.45) is 5.92 Å². The first-order valence-electron chi connectivity index (χ1n) is 10.9. The van der Waals surface area contributed by atoms with E-state index in [1.165, 1.54) is 7.11 Å². The van der Waals surface area contributed by atoms with E-state index in [2.05, 4.69) is 39.2 Å². The number of methoxy groups -OCH3 is 1. The van der Waals surface area contributed by atoms with Crippen molar-refractivity contribution in [2.45, 2.75) is 59.1 Å². The van der Waals surface area contributed by atoms with E-state index in [4.69, 9.17) is 21.1 Å². The molecule has 0 spiro atoms. The van der Waals surface area contributed by atoms with Gasteiger partial charge in [0.15, 0.2) is 0 Å². The number of halogens is 1. The van der Waals surface area contributed by atoms with Crippen LogP contribution in [-0.4, -0.2) is 47.0 Å². The van der Waals surface area contributed by atoms with E-state index in [9.17, 15) is 9.59 Å². The summed E-state index contributed by atoms with van der Waals surface area (Å²) in [6.07, 6.45) is 2.70. The van der Waals surface area contributed by atoms with Gasteiger partial charge in [0.05, 0.1) is 12.6 Å². The number of nitrogens with zero attached hydrogens (tertiary/aromatic N) is 2. The number of pyridine rings is 2. The SMILES string of the molecule is COC(=O)Nc1cc(-c2cnc(OCC(C)(CC(C)C)NC(=O)OC(C)(C)C)c(Cl)c2)ccn1. The van der Waals surface area contributed by atoms with Crippen molar-refractivity contribution < 1.29 is 23.8 Å². The second-order valence-corrected chi connectivity index (χ2v) is 10.0. The molecule has 2 amide bonds. The molecule has 34 heavy (non-hydrogen) atoms. The average molecular weight is 493 g/mol. The highest BCUT2D eigenvalue weighted by atomic mass is 35.5. The van der Waals surface area contributed by atoms with Crippen molar-refractivity contribution in [3.63, 3.8) is 0 Å². The molecule has 0 saturated heterocycles. The van der Waals surface area contributed by atoms with Gasteiger partial charge < -0.3 is 19.5 Å².